The van der Waals surface area contributed by atoms with Crippen molar-refractivity contribution in [2.24, 2.45) is 0 Å². The Morgan fingerprint density at radius 1 is 0.925 bits per heavy atom. The zero-order valence-electron chi connectivity index (χ0n) is 23.2. The normalized spacial score (nSPS) is 19.8. The number of nitrogens with zero attached hydrogens (tertiary/aromatic N) is 4. The molecule has 1 saturated heterocycles. The van der Waals surface area contributed by atoms with Gasteiger partial charge in [-0.05, 0) is 47.0 Å². The summed E-state index contributed by atoms with van der Waals surface area (Å²) in [5.74, 6) is 1.05. The molecule has 0 spiro atoms. The van der Waals surface area contributed by atoms with Crippen molar-refractivity contribution >= 4 is 39.2 Å². The molecule has 5 aromatic rings. The Hall–Kier alpha value is -4.45. The number of likely N-dealkylation sites (N-methyl/N-ethyl adjacent to an activating group) is 1. The Morgan fingerprint density at radius 3 is 2.50 bits per heavy atom. The lowest BCUT2D eigenvalue weighted by Gasteiger charge is -2.34. The van der Waals surface area contributed by atoms with Crippen LogP contribution in [0.15, 0.2) is 91.0 Å². The van der Waals surface area contributed by atoms with Gasteiger partial charge < -0.3 is 9.80 Å². The molecule has 7 rings (SSSR count). The number of ketones is 1. The van der Waals surface area contributed by atoms with Gasteiger partial charge in [-0.2, -0.15) is 0 Å². The summed E-state index contributed by atoms with van der Waals surface area (Å²) in [5, 5.41) is 2.17. The molecule has 200 valence electrons. The van der Waals surface area contributed by atoms with Crippen LogP contribution in [-0.4, -0.2) is 40.9 Å². The van der Waals surface area contributed by atoms with E-state index in [1.807, 2.05) is 72.2 Å². The van der Waals surface area contributed by atoms with Gasteiger partial charge in [0.15, 0.2) is 24.1 Å². The van der Waals surface area contributed by atoms with Crippen LogP contribution >= 0.6 is 0 Å². The average molecular weight is 530 g/mol. The molecule has 4 aromatic carbocycles. The van der Waals surface area contributed by atoms with Crippen LogP contribution in [0.3, 0.4) is 0 Å². The van der Waals surface area contributed by atoms with Gasteiger partial charge in [0.2, 0.25) is 5.78 Å². The minimum absolute atomic E-state index is 0.00105. The lowest BCUT2D eigenvalue weighted by Crippen LogP contribution is -2.50. The molecule has 0 saturated carbocycles. The van der Waals surface area contributed by atoms with E-state index in [0.29, 0.717) is 5.56 Å². The Kier molecular flexibility index (Phi) is 5.56. The number of amides is 1. The SMILES string of the molecule is Cc1n(CC(=O)N2CCC3(C)c4ccccc4N(C)C23)c2ccccc2[n+]1CC(=O)c1ccc2ccccc2c1. The quantitative estimate of drug-likeness (QED) is 0.231. The topological polar surface area (TPSA) is 49.4 Å². The monoisotopic (exact) mass is 529 g/mol. The van der Waals surface area contributed by atoms with Crippen molar-refractivity contribution in [2.45, 2.75) is 44.9 Å². The molecule has 0 radical (unpaired) electrons. The summed E-state index contributed by atoms with van der Waals surface area (Å²) in [4.78, 5) is 31.8. The number of likely N-dealkylation sites (tertiary alicyclic amines) is 1. The fraction of sp³-hybridized carbons (Fsp3) is 0.265. The van der Waals surface area contributed by atoms with Crippen molar-refractivity contribution in [3.63, 3.8) is 0 Å². The molecule has 0 aliphatic carbocycles. The molecular weight excluding hydrogens is 496 g/mol. The van der Waals surface area contributed by atoms with Crippen molar-refractivity contribution in [3.8, 4) is 0 Å². The van der Waals surface area contributed by atoms with Crippen molar-refractivity contribution in [2.75, 3.05) is 18.5 Å². The first-order valence-electron chi connectivity index (χ1n) is 14.0. The molecule has 2 atom stereocenters. The third kappa shape index (κ3) is 3.59. The molecule has 1 aromatic heterocycles. The van der Waals surface area contributed by atoms with E-state index in [4.69, 9.17) is 0 Å². The summed E-state index contributed by atoms with van der Waals surface area (Å²) in [7, 11) is 2.10. The summed E-state index contributed by atoms with van der Waals surface area (Å²) in [6, 6.07) is 30.5. The average Bonchev–Trinajstić information content (AvgIpc) is 3.54. The molecule has 2 aliphatic rings. The smallest absolute Gasteiger partial charge is 0.266 e. The highest BCUT2D eigenvalue weighted by molar-refractivity contribution is 5.99. The highest BCUT2D eigenvalue weighted by atomic mass is 16.2. The van der Waals surface area contributed by atoms with Crippen LogP contribution in [0.5, 0.6) is 0 Å². The number of anilines is 1. The lowest BCUT2D eigenvalue weighted by atomic mass is 9.81. The van der Waals surface area contributed by atoms with Crippen molar-refractivity contribution in [1.82, 2.24) is 9.47 Å². The van der Waals surface area contributed by atoms with Crippen molar-refractivity contribution in [1.29, 1.82) is 0 Å². The van der Waals surface area contributed by atoms with E-state index in [1.54, 1.807) is 0 Å². The first-order valence-corrected chi connectivity index (χ1v) is 14.0. The molecule has 2 unspecified atom stereocenters. The van der Waals surface area contributed by atoms with Crippen LogP contribution in [0.1, 0.15) is 35.1 Å². The van der Waals surface area contributed by atoms with Gasteiger partial charge in [-0.15, -0.1) is 0 Å². The number of Topliss-reactive ketones (excluding diaryl/α,β-unsaturated/α-hetero) is 1. The molecule has 6 nitrogen and oxygen atoms in total. The maximum absolute atomic E-state index is 14.0. The number of para-hydroxylation sites is 3. The highest BCUT2D eigenvalue weighted by Crippen LogP contribution is 2.51. The molecule has 2 aliphatic heterocycles. The number of fused-ring (bicyclic) bond motifs is 5. The van der Waals surface area contributed by atoms with Crippen LogP contribution in [0.2, 0.25) is 0 Å². The number of carbonyl (C=O) groups is 2. The van der Waals surface area contributed by atoms with E-state index in [2.05, 4.69) is 58.7 Å². The summed E-state index contributed by atoms with van der Waals surface area (Å²) in [6.07, 6.45) is 0.942. The standard InChI is InChI=1S/C34H33N4O2/c1-23-37(21-31(39)26-17-16-24-10-4-5-11-25(24)20-26)29-14-8-9-15-30(29)38(23)22-32(40)36-19-18-34(2)27-12-6-7-13-28(27)35(3)33(34)36/h4-17,20,33H,18-19,21-22H2,1-3H3/q+1. The molecular formula is C34H33N4O2+. The predicted molar refractivity (Wildman–Crippen MR) is 157 cm³/mol. The fourth-order valence-corrected chi connectivity index (χ4v) is 7.15. The van der Waals surface area contributed by atoms with E-state index >= 15 is 0 Å². The minimum Gasteiger partial charge on any atom is -0.353 e. The first-order chi connectivity index (χ1) is 19.4. The molecule has 1 amide bonds. The summed E-state index contributed by atoms with van der Waals surface area (Å²) >= 11 is 0. The number of aromatic nitrogens is 2. The Bertz CT molecular complexity index is 1820. The molecule has 6 heteroatoms. The fourth-order valence-electron chi connectivity index (χ4n) is 7.15. The van der Waals surface area contributed by atoms with E-state index in [-0.39, 0.29) is 36.4 Å². The van der Waals surface area contributed by atoms with Gasteiger partial charge in [0.25, 0.3) is 11.7 Å². The molecule has 1 fully saturated rings. The van der Waals surface area contributed by atoms with E-state index in [9.17, 15) is 9.59 Å². The Balaban J connectivity index is 1.19. The van der Waals surface area contributed by atoms with Gasteiger partial charge in [-0.1, -0.05) is 73.7 Å². The molecule has 0 N–H and O–H groups in total. The van der Waals surface area contributed by atoms with E-state index < -0.39 is 0 Å². The van der Waals surface area contributed by atoms with E-state index in [1.165, 1.54) is 11.3 Å². The second-order valence-corrected chi connectivity index (χ2v) is 11.4. The molecule has 3 heterocycles. The van der Waals surface area contributed by atoms with Gasteiger partial charge in [-0.3, -0.25) is 9.59 Å². The van der Waals surface area contributed by atoms with Crippen LogP contribution in [0.4, 0.5) is 5.69 Å². The third-order valence-corrected chi connectivity index (χ3v) is 9.23. The largest absolute Gasteiger partial charge is 0.353 e. The Labute approximate surface area is 234 Å². The van der Waals surface area contributed by atoms with Gasteiger partial charge in [0, 0.05) is 37.2 Å². The highest BCUT2D eigenvalue weighted by Gasteiger charge is 2.54. The van der Waals surface area contributed by atoms with Gasteiger partial charge in [-0.25, -0.2) is 9.13 Å². The van der Waals surface area contributed by atoms with Crippen molar-refractivity contribution < 1.29 is 14.2 Å². The summed E-state index contributed by atoms with van der Waals surface area (Å²) in [6.45, 7) is 5.48. The van der Waals surface area contributed by atoms with Gasteiger partial charge in [0.1, 0.15) is 6.17 Å². The van der Waals surface area contributed by atoms with Crippen LogP contribution in [-0.2, 0) is 23.3 Å². The van der Waals surface area contributed by atoms with E-state index in [0.717, 1.165) is 40.6 Å². The Morgan fingerprint density at radius 2 is 1.65 bits per heavy atom. The number of benzene rings is 4. The third-order valence-electron chi connectivity index (χ3n) is 9.23. The number of hydrogen-bond donors (Lipinski definition) is 0. The number of hydrogen-bond acceptors (Lipinski definition) is 3. The second kappa shape index (κ2) is 9.05. The van der Waals surface area contributed by atoms with Crippen LogP contribution < -0.4 is 9.47 Å². The van der Waals surface area contributed by atoms with Gasteiger partial charge >= 0.3 is 0 Å². The minimum atomic E-state index is -0.0824. The molecule has 40 heavy (non-hydrogen) atoms. The van der Waals surface area contributed by atoms with Crippen LogP contribution in [0, 0.1) is 6.92 Å². The van der Waals surface area contributed by atoms with Gasteiger partial charge in [0.05, 0.1) is 0 Å². The number of rotatable bonds is 5. The zero-order chi connectivity index (χ0) is 27.6. The van der Waals surface area contributed by atoms with Crippen LogP contribution in [0.25, 0.3) is 21.8 Å². The summed E-state index contributed by atoms with van der Waals surface area (Å²) in [5.41, 5.74) is 5.06. The number of carbonyl (C=O) groups excluding carboxylic acids is 2. The maximum atomic E-state index is 14.0. The number of imidazole rings is 1. The lowest BCUT2D eigenvalue weighted by molar-refractivity contribution is -0.664. The maximum Gasteiger partial charge on any atom is 0.266 e. The second-order valence-electron chi connectivity index (χ2n) is 11.4. The summed E-state index contributed by atoms with van der Waals surface area (Å²) < 4.78 is 4.12. The first kappa shape index (κ1) is 24.6. The zero-order valence-corrected chi connectivity index (χ0v) is 23.2. The van der Waals surface area contributed by atoms with Crippen molar-refractivity contribution in [3.05, 3.63) is 108 Å². The molecule has 0 bridgehead atoms. The predicted octanol–water partition coefficient (Wildman–Crippen LogP) is 5.24.